The molecule has 378 valence electrons. The lowest BCUT2D eigenvalue weighted by molar-refractivity contribution is -0.150. The van der Waals surface area contributed by atoms with Crippen molar-refractivity contribution in [1.82, 2.24) is 34.4 Å². The van der Waals surface area contributed by atoms with Gasteiger partial charge in [-0.3, -0.25) is 28.7 Å². The molecule has 9 N–H and O–H groups in total. The first-order valence-corrected chi connectivity index (χ1v) is 25.1. The van der Waals surface area contributed by atoms with Gasteiger partial charge in [-0.2, -0.15) is 5.10 Å². The number of nitrogens with zero attached hydrogens (tertiary/aromatic N) is 7. The summed E-state index contributed by atoms with van der Waals surface area (Å²) in [6.45, 7) is 20.1. The summed E-state index contributed by atoms with van der Waals surface area (Å²) in [6, 6.07) is 8.49. The Morgan fingerprint density at radius 3 is 1.73 bits per heavy atom. The molecule has 0 atom stereocenters. The van der Waals surface area contributed by atoms with Crippen molar-refractivity contribution >= 4 is 79.7 Å². The van der Waals surface area contributed by atoms with E-state index >= 15 is 0 Å². The monoisotopic (exact) mass is 1000 g/mol. The highest BCUT2D eigenvalue weighted by Crippen LogP contribution is 2.48. The Morgan fingerprint density at radius 2 is 1.26 bits per heavy atom. The molecular formula is C49H68N12O7S2. The van der Waals surface area contributed by atoms with E-state index in [0.29, 0.717) is 92.3 Å². The number of nitrogens with two attached hydrogens (primary N) is 2. The highest BCUT2D eigenvalue weighted by Gasteiger charge is 2.48. The predicted octanol–water partition coefficient (Wildman–Crippen LogP) is 7.05. The zero-order valence-electron chi connectivity index (χ0n) is 41.4. The van der Waals surface area contributed by atoms with Gasteiger partial charge < -0.3 is 52.3 Å². The number of phenols is 2. The molecule has 3 aromatic heterocycles. The van der Waals surface area contributed by atoms with Crippen LogP contribution in [0.1, 0.15) is 101 Å². The lowest BCUT2D eigenvalue weighted by Gasteiger charge is -2.55. The number of aryl methyl sites for hydroxylation is 2. The minimum atomic E-state index is -0.299. The van der Waals surface area contributed by atoms with E-state index in [1.165, 1.54) is 49.4 Å². The van der Waals surface area contributed by atoms with E-state index in [1.54, 1.807) is 60.0 Å². The van der Waals surface area contributed by atoms with Crippen molar-refractivity contribution in [3.8, 4) is 11.5 Å². The Bertz CT molecular complexity index is 2610. The van der Waals surface area contributed by atoms with Gasteiger partial charge in [-0.25, -0.2) is 9.97 Å². The topological polar surface area (TPSA) is 267 Å². The van der Waals surface area contributed by atoms with Crippen LogP contribution in [-0.2, 0) is 20.9 Å². The van der Waals surface area contributed by atoms with Crippen molar-refractivity contribution in [2.75, 3.05) is 67.5 Å². The number of anilines is 5. The number of nitrogens with one attached hydrogen (secondary N) is 3. The number of hydrogen-bond donors (Lipinski definition) is 7. The highest BCUT2D eigenvalue weighted by molar-refractivity contribution is 7.17. The first kappa shape index (κ1) is 54.4. The van der Waals surface area contributed by atoms with Gasteiger partial charge in [0.2, 0.25) is 17.7 Å². The first-order chi connectivity index (χ1) is 33.3. The number of hydrogen-bond acceptors (Lipinski definition) is 15. The zero-order chi connectivity index (χ0) is 51.3. The Morgan fingerprint density at radius 1 is 0.743 bits per heavy atom. The number of piperazine rings is 1. The fourth-order valence-electron chi connectivity index (χ4n) is 7.85. The molecule has 1 spiro atoms. The Kier molecular flexibility index (Phi) is 19.3. The number of aromatic nitrogens is 4. The van der Waals surface area contributed by atoms with Crippen LogP contribution in [0, 0.1) is 39.0 Å². The van der Waals surface area contributed by atoms with Crippen molar-refractivity contribution in [2.24, 2.45) is 17.1 Å². The van der Waals surface area contributed by atoms with Crippen LogP contribution in [0.15, 0.2) is 48.9 Å². The first-order valence-electron chi connectivity index (χ1n) is 23.5. The Hall–Kier alpha value is -6.58. The van der Waals surface area contributed by atoms with E-state index < -0.39 is 0 Å². The van der Waals surface area contributed by atoms with Gasteiger partial charge in [-0.1, -0.05) is 75.3 Å². The number of aromatic hydroxyl groups is 2. The Labute approximate surface area is 417 Å². The third-order valence-electron chi connectivity index (χ3n) is 12.0. The lowest BCUT2D eigenvalue weighted by atomic mass is 9.63. The van der Waals surface area contributed by atoms with Crippen molar-refractivity contribution in [1.29, 1.82) is 0 Å². The van der Waals surface area contributed by atoms with E-state index in [4.69, 9.17) is 11.5 Å². The van der Waals surface area contributed by atoms with Crippen LogP contribution in [-0.4, -0.2) is 120 Å². The largest absolute Gasteiger partial charge is 0.508 e. The number of rotatable bonds is 11. The molecule has 5 amide bonds. The molecule has 5 heterocycles. The number of amides is 5. The third kappa shape index (κ3) is 14.5. The second kappa shape index (κ2) is 24.8. The molecule has 3 fully saturated rings. The van der Waals surface area contributed by atoms with Gasteiger partial charge in [-0.15, -0.1) is 0 Å². The zero-order valence-corrected chi connectivity index (χ0v) is 43.1. The molecule has 19 nitrogen and oxygen atoms in total. The minimum Gasteiger partial charge on any atom is -0.508 e. The molecular weight excluding hydrogens is 933 g/mol. The van der Waals surface area contributed by atoms with Crippen LogP contribution in [0.2, 0.25) is 0 Å². The van der Waals surface area contributed by atoms with Crippen molar-refractivity contribution in [2.45, 2.75) is 94.0 Å². The average Bonchev–Trinajstić information content (AvgIpc) is 4.08. The summed E-state index contributed by atoms with van der Waals surface area (Å²) in [5.74, 6) is 0.902. The van der Waals surface area contributed by atoms with E-state index in [0.717, 1.165) is 35.6 Å². The van der Waals surface area contributed by atoms with Gasteiger partial charge in [0.05, 0.1) is 30.3 Å². The quantitative estimate of drug-likeness (QED) is 0.0700. The molecule has 1 aliphatic carbocycles. The van der Waals surface area contributed by atoms with Gasteiger partial charge in [0.25, 0.3) is 11.8 Å². The summed E-state index contributed by atoms with van der Waals surface area (Å²) in [5.41, 5.74) is 15.4. The maximum Gasteiger partial charge on any atom is 0.267 e. The van der Waals surface area contributed by atoms with Crippen LogP contribution < -0.4 is 27.4 Å². The second-order valence-electron chi connectivity index (χ2n) is 18.2. The minimum absolute atomic E-state index is 0.0315. The summed E-state index contributed by atoms with van der Waals surface area (Å²) in [4.78, 5) is 74.6. The fourth-order valence-corrected chi connectivity index (χ4v) is 9.14. The number of benzene rings is 2. The van der Waals surface area contributed by atoms with Gasteiger partial charge in [0.15, 0.2) is 16.1 Å². The van der Waals surface area contributed by atoms with E-state index in [2.05, 4.69) is 44.9 Å². The van der Waals surface area contributed by atoms with Crippen molar-refractivity contribution in [3.05, 3.63) is 80.9 Å². The number of carbonyl (C=O) groups excluding carboxylic acids is 5. The van der Waals surface area contributed by atoms with Crippen LogP contribution >= 0.6 is 22.7 Å². The van der Waals surface area contributed by atoms with Gasteiger partial charge >= 0.3 is 0 Å². The van der Waals surface area contributed by atoms with Crippen molar-refractivity contribution < 1.29 is 34.2 Å². The summed E-state index contributed by atoms with van der Waals surface area (Å²) in [5, 5.41) is 33.5. The summed E-state index contributed by atoms with van der Waals surface area (Å²) < 4.78 is 1.62. The summed E-state index contributed by atoms with van der Waals surface area (Å²) in [7, 11) is 0. The van der Waals surface area contributed by atoms with E-state index in [-0.39, 0.29) is 54.1 Å². The molecule has 0 unspecified atom stereocenters. The normalized spacial score (nSPS) is 14.4. The number of carbonyl (C=O) groups is 5. The number of likely N-dealkylation sites (tertiary alicyclic amines) is 1. The molecule has 2 saturated heterocycles. The van der Waals surface area contributed by atoms with Crippen LogP contribution in [0.25, 0.3) is 0 Å². The standard InChI is InChI=1S/C23H26N6O3S.C12H13N3O2S.C11H21N3O2.C3H8/c1-14-4-5-16(30)15(2)20(14)26-21(32)17-10-24-22(33-17)25-18-6-9-29(27-18)11-19(31)28-12-23(13-28)7-3-8-23;1-6-3-4-8(16)7(2)10(6)15-11(17)9-5-14-12(13)18-9;1-9(2)7-10(15)13-3-5-14(6-4-13)11(16)8-12;1-3-2/h4-6,9-10,30H,3,7-8,11-13H2,1-2H3,(H,26,32)(H,24,25,27);3-5,16H,1-2H3,(H2,13,14)(H,15,17);9H,3-8,12H2,1-2H3;3H2,1-2H3. The molecule has 21 heteroatoms. The SMILES string of the molecule is CC(C)CC(=O)N1CCN(C(=O)CN)CC1.CCC.Cc1ccc(O)c(C)c1NC(=O)c1cnc(N)s1.Cc1ccc(O)c(C)c1NC(=O)c1cnc(Nc2ccn(CC(=O)N3CC4(CCC4)C3)n2)s1. The molecule has 2 aromatic carbocycles. The molecule has 1 saturated carbocycles. The van der Waals surface area contributed by atoms with Crippen LogP contribution in [0.4, 0.5) is 27.5 Å². The van der Waals surface area contributed by atoms with Gasteiger partial charge in [0, 0.05) is 74.5 Å². The average molecular weight is 1000 g/mol. The summed E-state index contributed by atoms with van der Waals surface area (Å²) >= 11 is 2.32. The van der Waals surface area contributed by atoms with E-state index in [9.17, 15) is 34.2 Å². The van der Waals surface area contributed by atoms with Gasteiger partial charge in [0.1, 0.15) is 27.8 Å². The van der Waals surface area contributed by atoms with E-state index in [1.807, 2.05) is 37.5 Å². The molecule has 0 bridgehead atoms. The molecule has 2 aliphatic heterocycles. The van der Waals surface area contributed by atoms with Crippen LogP contribution in [0.3, 0.4) is 0 Å². The van der Waals surface area contributed by atoms with Crippen molar-refractivity contribution in [3.63, 3.8) is 0 Å². The number of phenolic OH excluding ortho intramolecular Hbond substituents is 2. The maximum atomic E-state index is 12.7. The maximum absolute atomic E-state index is 12.7. The predicted molar refractivity (Wildman–Crippen MR) is 276 cm³/mol. The third-order valence-corrected chi connectivity index (χ3v) is 13.7. The fraction of sp³-hybridized carbons (Fsp3) is 0.469. The molecule has 5 aromatic rings. The lowest BCUT2D eigenvalue weighted by Crippen LogP contribution is -2.61. The number of nitrogen functional groups attached to an aromatic ring is 1. The second-order valence-corrected chi connectivity index (χ2v) is 20.3. The molecule has 0 radical (unpaired) electrons. The molecule has 70 heavy (non-hydrogen) atoms. The Balaban J connectivity index is 0.000000209. The van der Waals surface area contributed by atoms with Gasteiger partial charge in [-0.05, 0) is 69.7 Å². The molecule has 8 rings (SSSR count). The highest BCUT2D eigenvalue weighted by atomic mass is 32.1. The summed E-state index contributed by atoms with van der Waals surface area (Å²) in [6.07, 6.45) is 10.3. The smallest absolute Gasteiger partial charge is 0.267 e. The molecule has 3 aliphatic rings. The van der Waals surface area contributed by atoms with Crippen LogP contribution in [0.5, 0.6) is 11.5 Å². The number of thiazole rings is 2.